The maximum atomic E-state index is 3.74. The van der Waals surface area contributed by atoms with E-state index in [1.165, 1.54) is 25.9 Å². The lowest BCUT2D eigenvalue weighted by Gasteiger charge is -2.22. The van der Waals surface area contributed by atoms with Gasteiger partial charge in [0.05, 0.1) is 0 Å². The maximum Gasteiger partial charge on any atom is 0.0266 e. The lowest BCUT2D eigenvalue weighted by atomic mass is 10.0. The van der Waals surface area contributed by atoms with Gasteiger partial charge in [-0.25, -0.2) is 0 Å². The molecule has 0 radical (unpaired) electrons. The van der Waals surface area contributed by atoms with E-state index in [0.717, 1.165) is 6.04 Å². The SMILES string of the molecule is CC(C)NC1CN(C(C)C)CC12CC2. The summed E-state index contributed by atoms with van der Waals surface area (Å²) in [5.41, 5.74) is 0.661. The van der Waals surface area contributed by atoms with E-state index in [4.69, 9.17) is 0 Å². The van der Waals surface area contributed by atoms with Gasteiger partial charge in [0.25, 0.3) is 0 Å². The van der Waals surface area contributed by atoms with E-state index in [1.807, 2.05) is 0 Å². The Kier molecular flexibility index (Phi) is 2.61. The monoisotopic (exact) mass is 196 g/mol. The maximum absolute atomic E-state index is 3.74. The topological polar surface area (TPSA) is 15.3 Å². The van der Waals surface area contributed by atoms with E-state index < -0.39 is 0 Å². The standard InChI is InChI=1S/C12H24N2/c1-9(2)13-11-7-14(10(3)4)8-12(11)5-6-12/h9-11,13H,5-8H2,1-4H3. The number of hydrogen-bond donors (Lipinski definition) is 1. The molecule has 2 rings (SSSR count). The molecular weight excluding hydrogens is 172 g/mol. The van der Waals surface area contributed by atoms with Crippen molar-refractivity contribution in [1.29, 1.82) is 0 Å². The molecule has 0 amide bonds. The second-order valence-electron chi connectivity index (χ2n) is 5.76. The minimum Gasteiger partial charge on any atom is -0.310 e. The second kappa shape index (κ2) is 3.49. The van der Waals surface area contributed by atoms with Crippen LogP contribution in [0.4, 0.5) is 0 Å². The zero-order valence-electron chi connectivity index (χ0n) is 10.0. The van der Waals surface area contributed by atoms with E-state index in [1.54, 1.807) is 0 Å². The summed E-state index contributed by atoms with van der Waals surface area (Å²) in [5.74, 6) is 0. The highest BCUT2D eigenvalue weighted by atomic mass is 15.2. The molecule has 1 aliphatic heterocycles. The van der Waals surface area contributed by atoms with Crippen molar-refractivity contribution >= 4 is 0 Å². The van der Waals surface area contributed by atoms with Crippen molar-refractivity contribution in [3.05, 3.63) is 0 Å². The third-order valence-electron chi connectivity index (χ3n) is 3.83. The zero-order valence-corrected chi connectivity index (χ0v) is 10.0. The smallest absolute Gasteiger partial charge is 0.0266 e. The molecule has 14 heavy (non-hydrogen) atoms. The highest BCUT2D eigenvalue weighted by Gasteiger charge is 2.55. The fraction of sp³-hybridized carbons (Fsp3) is 1.00. The molecule has 0 bridgehead atoms. The molecule has 2 nitrogen and oxygen atoms in total. The van der Waals surface area contributed by atoms with Crippen molar-refractivity contribution < 1.29 is 0 Å². The third kappa shape index (κ3) is 1.82. The normalized spacial score (nSPS) is 30.9. The molecule has 1 unspecified atom stereocenters. The molecular formula is C12H24N2. The molecule has 1 spiro atoms. The van der Waals surface area contributed by atoms with E-state index in [2.05, 4.69) is 37.9 Å². The molecule has 1 atom stereocenters. The minimum atomic E-state index is 0.629. The van der Waals surface area contributed by atoms with Crippen LogP contribution in [0.1, 0.15) is 40.5 Å². The first-order valence-electron chi connectivity index (χ1n) is 6.03. The molecule has 1 saturated heterocycles. The fourth-order valence-electron chi connectivity index (χ4n) is 2.70. The second-order valence-corrected chi connectivity index (χ2v) is 5.76. The molecule has 1 N–H and O–H groups in total. The molecule has 2 fully saturated rings. The molecule has 0 aromatic rings. The van der Waals surface area contributed by atoms with E-state index >= 15 is 0 Å². The van der Waals surface area contributed by atoms with Crippen molar-refractivity contribution in [2.45, 2.75) is 58.7 Å². The third-order valence-corrected chi connectivity index (χ3v) is 3.83. The largest absolute Gasteiger partial charge is 0.310 e. The number of nitrogens with zero attached hydrogens (tertiary/aromatic N) is 1. The molecule has 1 heterocycles. The molecule has 1 aliphatic carbocycles. The summed E-state index contributed by atoms with van der Waals surface area (Å²) >= 11 is 0. The Morgan fingerprint density at radius 3 is 2.29 bits per heavy atom. The van der Waals surface area contributed by atoms with Crippen LogP contribution in [0.15, 0.2) is 0 Å². The molecule has 2 aliphatic rings. The van der Waals surface area contributed by atoms with Crippen LogP contribution >= 0.6 is 0 Å². The van der Waals surface area contributed by atoms with Crippen LogP contribution in [-0.4, -0.2) is 36.1 Å². The fourth-order valence-corrected chi connectivity index (χ4v) is 2.70. The Labute approximate surface area is 88.1 Å². The van der Waals surface area contributed by atoms with E-state index in [9.17, 15) is 0 Å². The minimum absolute atomic E-state index is 0.629. The molecule has 1 saturated carbocycles. The van der Waals surface area contributed by atoms with Gasteiger partial charge in [-0.1, -0.05) is 13.8 Å². The van der Waals surface area contributed by atoms with Gasteiger partial charge in [0.2, 0.25) is 0 Å². The lowest BCUT2D eigenvalue weighted by molar-refractivity contribution is 0.260. The van der Waals surface area contributed by atoms with Gasteiger partial charge in [0.1, 0.15) is 0 Å². The lowest BCUT2D eigenvalue weighted by Crippen LogP contribution is -2.41. The van der Waals surface area contributed by atoms with Crippen LogP contribution in [0.2, 0.25) is 0 Å². The average molecular weight is 196 g/mol. The predicted molar refractivity (Wildman–Crippen MR) is 60.4 cm³/mol. The average Bonchev–Trinajstić information content (AvgIpc) is 2.72. The first-order chi connectivity index (χ1) is 6.53. The van der Waals surface area contributed by atoms with Crippen molar-refractivity contribution in [2.75, 3.05) is 13.1 Å². The van der Waals surface area contributed by atoms with E-state index in [-0.39, 0.29) is 0 Å². The summed E-state index contributed by atoms with van der Waals surface area (Å²) in [4.78, 5) is 2.63. The van der Waals surface area contributed by atoms with Gasteiger partial charge in [-0.2, -0.15) is 0 Å². The summed E-state index contributed by atoms with van der Waals surface area (Å²) < 4.78 is 0. The first kappa shape index (κ1) is 10.4. The quantitative estimate of drug-likeness (QED) is 0.741. The van der Waals surface area contributed by atoms with Crippen LogP contribution in [0, 0.1) is 5.41 Å². The van der Waals surface area contributed by atoms with Crippen LogP contribution in [0.3, 0.4) is 0 Å². The number of hydrogen-bond acceptors (Lipinski definition) is 2. The first-order valence-corrected chi connectivity index (χ1v) is 6.03. The van der Waals surface area contributed by atoms with Crippen molar-refractivity contribution in [2.24, 2.45) is 5.41 Å². The van der Waals surface area contributed by atoms with Crippen molar-refractivity contribution in [3.8, 4) is 0 Å². The van der Waals surface area contributed by atoms with Gasteiger partial charge in [-0.3, -0.25) is 4.90 Å². The summed E-state index contributed by atoms with van der Waals surface area (Å²) in [7, 11) is 0. The van der Waals surface area contributed by atoms with Gasteiger partial charge in [0, 0.05) is 31.2 Å². The summed E-state index contributed by atoms with van der Waals surface area (Å²) in [5, 5.41) is 3.74. The summed E-state index contributed by atoms with van der Waals surface area (Å²) in [6.07, 6.45) is 2.89. The Balaban J connectivity index is 1.97. The van der Waals surface area contributed by atoms with E-state index in [0.29, 0.717) is 17.5 Å². The molecule has 0 aromatic carbocycles. The Morgan fingerprint density at radius 2 is 1.86 bits per heavy atom. The van der Waals surface area contributed by atoms with Crippen LogP contribution in [-0.2, 0) is 0 Å². The van der Waals surface area contributed by atoms with Crippen LogP contribution in [0.25, 0.3) is 0 Å². The summed E-state index contributed by atoms with van der Waals surface area (Å²) in [6.45, 7) is 11.7. The Bertz CT molecular complexity index is 206. The highest BCUT2D eigenvalue weighted by molar-refractivity contribution is 5.10. The van der Waals surface area contributed by atoms with Gasteiger partial charge >= 0.3 is 0 Å². The number of likely N-dealkylation sites (tertiary alicyclic amines) is 1. The highest BCUT2D eigenvalue weighted by Crippen LogP contribution is 2.53. The number of nitrogens with one attached hydrogen (secondary N) is 1. The Hall–Kier alpha value is -0.0800. The van der Waals surface area contributed by atoms with Crippen LogP contribution in [0.5, 0.6) is 0 Å². The zero-order chi connectivity index (χ0) is 10.3. The Morgan fingerprint density at radius 1 is 1.21 bits per heavy atom. The van der Waals surface area contributed by atoms with Gasteiger partial charge in [0.15, 0.2) is 0 Å². The van der Waals surface area contributed by atoms with Gasteiger partial charge < -0.3 is 5.32 Å². The van der Waals surface area contributed by atoms with Crippen molar-refractivity contribution in [3.63, 3.8) is 0 Å². The predicted octanol–water partition coefficient (Wildman–Crippen LogP) is 1.86. The molecule has 2 heteroatoms. The summed E-state index contributed by atoms with van der Waals surface area (Å²) in [6, 6.07) is 2.10. The van der Waals surface area contributed by atoms with Gasteiger partial charge in [-0.05, 0) is 32.1 Å². The number of rotatable bonds is 3. The molecule has 0 aromatic heterocycles. The van der Waals surface area contributed by atoms with Gasteiger partial charge in [-0.15, -0.1) is 0 Å². The molecule has 82 valence electrons. The van der Waals surface area contributed by atoms with Crippen LogP contribution < -0.4 is 5.32 Å². The van der Waals surface area contributed by atoms with Crippen molar-refractivity contribution in [1.82, 2.24) is 10.2 Å².